The van der Waals surface area contributed by atoms with Gasteiger partial charge in [-0.3, -0.25) is 19.3 Å². The number of pyridine rings is 1. The molecule has 1 saturated heterocycles. The van der Waals surface area contributed by atoms with Crippen LogP contribution in [-0.4, -0.2) is 55.9 Å². The minimum Gasteiger partial charge on any atom is -0.453 e. The van der Waals surface area contributed by atoms with Gasteiger partial charge in [-0.1, -0.05) is 0 Å². The van der Waals surface area contributed by atoms with E-state index < -0.39 is 41.0 Å². The Morgan fingerprint density at radius 2 is 1.82 bits per heavy atom. The molecule has 2 atom stereocenters. The first-order chi connectivity index (χ1) is 20.4. The van der Waals surface area contributed by atoms with Gasteiger partial charge >= 0.3 is 0 Å². The lowest BCUT2D eigenvalue weighted by Gasteiger charge is -2.27. The zero-order chi connectivity index (χ0) is 29.2. The molecule has 230 valence electrons. The highest BCUT2D eigenvalue weighted by molar-refractivity contribution is 6.02. The third-order valence-electron chi connectivity index (χ3n) is 6.72. The number of ether oxygens (including phenoxy) is 1. The minimum atomic E-state index is -1.12. The third-order valence-corrected chi connectivity index (χ3v) is 6.72. The van der Waals surface area contributed by atoms with Crippen LogP contribution in [-0.2, 0) is 0 Å². The number of hydrogen-bond donors (Lipinski definition) is 4. The second kappa shape index (κ2) is 13.8. The average molecular weight is 649 g/mol. The van der Waals surface area contributed by atoms with Crippen molar-refractivity contribution in [2.24, 2.45) is 0 Å². The summed E-state index contributed by atoms with van der Waals surface area (Å²) >= 11 is 0. The van der Waals surface area contributed by atoms with Crippen molar-refractivity contribution in [3.63, 3.8) is 0 Å². The Bertz CT molecular complexity index is 1840. The molecule has 4 N–H and O–H groups in total. The van der Waals surface area contributed by atoms with Crippen LogP contribution >= 0.6 is 24.8 Å². The van der Waals surface area contributed by atoms with E-state index in [0.717, 1.165) is 10.6 Å². The second-order valence-corrected chi connectivity index (χ2v) is 9.49. The van der Waals surface area contributed by atoms with E-state index in [1.807, 2.05) is 0 Å². The van der Waals surface area contributed by atoms with Crippen molar-refractivity contribution in [3.05, 3.63) is 94.8 Å². The first-order valence-electron chi connectivity index (χ1n) is 12.9. The van der Waals surface area contributed by atoms with Crippen molar-refractivity contribution in [1.29, 1.82) is 0 Å². The van der Waals surface area contributed by atoms with Gasteiger partial charge in [0.2, 0.25) is 0 Å². The largest absolute Gasteiger partial charge is 0.453 e. The van der Waals surface area contributed by atoms with Crippen molar-refractivity contribution >= 4 is 53.3 Å². The summed E-state index contributed by atoms with van der Waals surface area (Å²) in [6.07, 6.45) is 3.48. The number of aromatic amines is 1. The van der Waals surface area contributed by atoms with Gasteiger partial charge in [-0.25, -0.2) is 23.1 Å². The fraction of sp³-hybridized carbons (Fsp3) is 0.179. The number of nitrogens with one attached hydrogen (secondary N) is 4. The predicted octanol–water partition coefficient (Wildman–Crippen LogP) is 4.78. The zero-order valence-corrected chi connectivity index (χ0v) is 24.2. The molecule has 0 aliphatic carbocycles. The molecule has 1 aliphatic heterocycles. The van der Waals surface area contributed by atoms with E-state index in [1.165, 1.54) is 61.1 Å². The molecule has 1 aliphatic rings. The number of hydrogen-bond acceptors (Lipinski definition) is 8. The minimum absolute atomic E-state index is 0. The van der Waals surface area contributed by atoms with Crippen molar-refractivity contribution in [2.75, 3.05) is 23.7 Å². The molecule has 4 heterocycles. The second-order valence-electron chi connectivity index (χ2n) is 9.49. The Morgan fingerprint density at radius 3 is 2.57 bits per heavy atom. The van der Waals surface area contributed by atoms with E-state index in [0.29, 0.717) is 35.5 Å². The van der Waals surface area contributed by atoms with Gasteiger partial charge in [0.25, 0.3) is 11.5 Å². The molecule has 3 aromatic heterocycles. The van der Waals surface area contributed by atoms with E-state index in [2.05, 4.69) is 36.1 Å². The SMILES string of the molecule is Cl.Cl.O=C(Nc1ccc(Oc2ccnc3[nH]nc(NC4CCNC[C@H]4F)c23)c(F)c1)c1nccn(-c2ccc(F)cc2)c1=O. The monoisotopic (exact) mass is 648 g/mol. The van der Waals surface area contributed by atoms with Crippen LogP contribution in [0, 0.1) is 11.6 Å². The normalized spacial score (nSPS) is 16.0. The topological polar surface area (TPSA) is 139 Å². The number of halogens is 5. The molecule has 1 fully saturated rings. The zero-order valence-electron chi connectivity index (χ0n) is 22.6. The van der Waals surface area contributed by atoms with Crippen molar-refractivity contribution in [1.82, 2.24) is 30.0 Å². The van der Waals surface area contributed by atoms with Gasteiger partial charge in [0.05, 0.1) is 6.04 Å². The molecule has 0 radical (unpaired) electrons. The Morgan fingerprint density at radius 1 is 1.02 bits per heavy atom. The van der Waals surface area contributed by atoms with Crippen molar-refractivity contribution in [2.45, 2.75) is 18.6 Å². The molecule has 0 bridgehead atoms. The van der Waals surface area contributed by atoms with Crippen LogP contribution < -0.4 is 26.2 Å². The number of fused-ring (bicyclic) bond motifs is 1. The van der Waals surface area contributed by atoms with Gasteiger partial charge < -0.3 is 20.7 Å². The standard InChI is InChI=1S/C28H23F3N8O3.2ClH/c29-15-1-4-17(5-2-15)39-12-11-33-24(28(39)41)27(40)35-16-3-6-21(18(30)13-16)42-22-8-10-34-25-23(22)26(38-37-25)36-20-7-9-32-14-19(20)31;;/h1-6,8,10-13,19-20,32H,7,9,14H2,(H,35,40)(H2,34,36,37,38);2*1H/t19-,20?;;/m1../s1. The van der Waals surface area contributed by atoms with Crippen LogP contribution in [0.5, 0.6) is 11.5 Å². The number of H-pyrrole nitrogens is 1. The number of rotatable bonds is 7. The Kier molecular flexibility index (Phi) is 10.1. The summed E-state index contributed by atoms with van der Waals surface area (Å²) in [5, 5.41) is 15.9. The number of aromatic nitrogens is 5. The van der Waals surface area contributed by atoms with Crippen LogP contribution in [0.25, 0.3) is 16.7 Å². The molecule has 1 amide bonds. The van der Waals surface area contributed by atoms with Crippen LogP contribution in [0.15, 0.2) is 71.9 Å². The van der Waals surface area contributed by atoms with Gasteiger partial charge in [-0.2, -0.15) is 5.10 Å². The van der Waals surface area contributed by atoms with Crippen LogP contribution in [0.1, 0.15) is 16.9 Å². The summed E-state index contributed by atoms with van der Waals surface area (Å²) < 4.78 is 49.8. The number of carbonyl (C=O) groups excluding carboxylic acids is 1. The molecular weight excluding hydrogens is 624 g/mol. The third kappa shape index (κ3) is 6.61. The molecule has 44 heavy (non-hydrogen) atoms. The summed E-state index contributed by atoms with van der Waals surface area (Å²) in [6, 6.07) is 9.94. The first kappa shape index (κ1) is 32.3. The van der Waals surface area contributed by atoms with Crippen molar-refractivity contribution < 1.29 is 22.7 Å². The lowest BCUT2D eigenvalue weighted by atomic mass is 10.0. The molecule has 6 rings (SSSR count). The van der Waals surface area contributed by atoms with Gasteiger partial charge in [0.1, 0.15) is 23.1 Å². The van der Waals surface area contributed by atoms with E-state index >= 15 is 4.39 Å². The lowest BCUT2D eigenvalue weighted by Crippen LogP contribution is -2.45. The maximum atomic E-state index is 15.1. The van der Waals surface area contributed by atoms with Gasteiger partial charge in [0.15, 0.2) is 28.7 Å². The Hall–Kier alpha value is -4.66. The number of piperidine rings is 1. The number of amides is 1. The van der Waals surface area contributed by atoms with Crippen molar-refractivity contribution in [3.8, 4) is 17.2 Å². The van der Waals surface area contributed by atoms with Crippen LogP contribution in [0.3, 0.4) is 0 Å². The number of alkyl halides is 1. The predicted molar refractivity (Wildman–Crippen MR) is 162 cm³/mol. The first-order valence-corrected chi connectivity index (χ1v) is 12.9. The molecule has 11 nitrogen and oxygen atoms in total. The van der Waals surface area contributed by atoms with E-state index in [-0.39, 0.29) is 48.5 Å². The van der Waals surface area contributed by atoms with E-state index in [9.17, 15) is 18.4 Å². The number of carbonyl (C=O) groups is 1. The van der Waals surface area contributed by atoms with E-state index in [1.54, 1.807) is 0 Å². The van der Waals surface area contributed by atoms with Crippen LogP contribution in [0.2, 0.25) is 0 Å². The number of nitrogens with zero attached hydrogens (tertiary/aromatic N) is 4. The van der Waals surface area contributed by atoms with Gasteiger partial charge in [-0.05, 0) is 49.4 Å². The fourth-order valence-corrected chi connectivity index (χ4v) is 4.61. The van der Waals surface area contributed by atoms with Gasteiger partial charge in [-0.15, -0.1) is 24.8 Å². The summed E-state index contributed by atoms with van der Waals surface area (Å²) in [4.78, 5) is 33.8. The summed E-state index contributed by atoms with van der Waals surface area (Å²) in [6.45, 7) is 0.876. The highest BCUT2D eigenvalue weighted by Gasteiger charge is 2.26. The summed E-state index contributed by atoms with van der Waals surface area (Å²) in [7, 11) is 0. The number of benzene rings is 2. The maximum Gasteiger partial charge on any atom is 0.286 e. The lowest BCUT2D eigenvalue weighted by molar-refractivity contribution is 0.102. The Labute approximate surface area is 260 Å². The molecular formula is C28H25Cl2F3N8O3. The van der Waals surface area contributed by atoms with Gasteiger partial charge in [0, 0.05) is 48.6 Å². The van der Waals surface area contributed by atoms with Crippen LogP contribution in [0.4, 0.5) is 24.7 Å². The highest BCUT2D eigenvalue weighted by atomic mass is 35.5. The quantitative estimate of drug-likeness (QED) is 0.198. The summed E-state index contributed by atoms with van der Waals surface area (Å²) in [5.41, 5.74) is -0.423. The molecule has 5 aromatic rings. The molecule has 2 aromatic carbocycles. The maximum absolute atomic E-state index is 15.1. The molecule has 16 heteroatoms. The molecule has 0 saturated carbocycles. The molecule has 0 spiro atoms. The fourth-order valence-electron chi connectivity index (χ4n) is 4.61. The smallest absolute Gasteiger partial charge is 0.286 e. The average Bonchev–Trinajstić information content (AvgIpc) is 3.40. The highest BCUT2D eigenvalue weighted by Crippen LogP contribution is 2.35. The summed E-state index contributed by atoms with van der Waals surface area (Å²) in [5.74, 6) is -1.74. The van der Waals surface area contributed by atoms with E-state index in [4.69, 9.17) is 4.74 Å². The Balaban J connectivity index is 0.00000221. The molecule has 1 unspecified atom stereocenters. The number of anilines is 2.